The zero-order valence-corrected chi connectivity index (χ0v) is 16.5. The number of thioether (sulfide) groups is 2. The topological polar surface area (TPSA) is 84.3 Å². The molecule has 138 valence electrons. The average molecular weight is 372 g/mol. The largest absolute Gasteiger partial charge is 0.390 e. The summed E-state index contributed by atoms with van der Waals surface area (Å²) in [6.45, 7) is 5.62. The van der Waals surface area contributed by atoms with Gasteiger partial charge in [-0.1, -0.05) is 44.2 Å². The Kier molecular flexibility index (Phi) is 11.8. The molecule has 6 heteroatoms. The van der Waals surface area contributed by atoms with Gasteiger partial charge in [0.15, 0.2) is 0 Å². The summed E-state index contributed by atoms with van der Waals surface area (Å²) in [5.74, 6) is 3.12. The van der Waals surface area contributed by atoms with Gasteiger partial charge in [-0.05, 0) is 23.5 Å². The van der Waals surface area contributed by atoms with Crippen LogP contribution in [0, 0.1) is 0 Å². The fourth-order valence-electron chi connectivity index (χ4n) is 2.46. The molecule has 0 bridgehead atoms. The Bertz CT molecular complexity index is 422. The molecule has 1 rings (SSSR count). The van der Waals surface area contributed by atoms with Crippen molar-refractivity contribution in [2.75, 3.05) is 30.3 Å². The Hall–Kier alpha value is -0.240. The lowest BCUT2D eigenvalue weighted by atomic mass is 10.0. The van der Waals surface area contributed by atoms with Gasteiger partial charge in [0.05, 0.1) is 6.10 Å². The van der Waals surface area contributed by atoms with Crippen molar-refractivity contribution >= 4 is 23.5 Å². The van der Waals surface area contributed by atoms with Gasteiger partial charge < -0.3 is 21.9 Å². The van der Waals surface area contributed by atoms with Crippen molar-refractivity contribution in [3.8, 4) is 0 Å². The molecule has 0 spiro atoms. The molecular weight excluding hydrogens is 338 g/mol. The van der Waals surface area contributed by atoms with Crippen LogP contribution in [0.4, 0.5) is 0 Å². The van der Waals surface area contributed by atoms with E-state index >= 15 is 0 Å². The Morgan fingerprint density at radius 3 is 2.38 bits per heavy atom. The van der Waals surface area contributed by atoms with Crippen LogP contribution in [0.25, 0.3) is 0 Å². The van der Waals surface area contributed by atoms with E-state index in [9.17, 15) is 5.11 Å². The highest BCUT2D eigenvalue weighted by Gasteiger charge is 2.19. The van der Waals surface area contributed by atoms with E-state index in [1.165, 1.54) is 0 Å². The van der Waals surface area contributed by atoms with Crippen LogP contribution in [-0.4, -0.2) is 58.9 Å². The molecule has 0 radical (unpaired) electrons. The van der Waals surface area contributed by atoms with E-state index in [1.54, 1.807) is 0 Å². The summed E-state index contributed by atoms with van der Waals surface area (Å²) in [6.07, 6.45) is 0.127. The molecule has 1 aromatic carbocycles. The van der Waals surface area contributed by atoms with Gasteiger partial charge in [0.2, 0.25) is 0 Å². The molecule has 4 nitrogen and oxygen atoms in total. The van der Waals surface area contributed by atoms with Gasteiger partial charge >= 0.3 is 0 Å². The third-order valence-corrected chi connectivity index (χ3v) is 6.19. The molecule has 0 fully saturated rings. The molecule has 0 heterocycles. The lowest BCUT2D eigenvalue weighted by Crippen LogP contribution is -2.47. The predicted octanol–water partition coefficient (Wildman–Crippen LogP) is 1.71. The summed E-state index contributed by atoms with van der Waals surface area (Å²) in [6, 6.07) is 9.96. The maximum atomic E-state index is 10.3. The lowest BCUT2D eigenvalue weighted by Gasteiger charge is -2.25. The van der Waals surface area contributed by atoms with E-state index in [0.29, 0.717) is 18.2 Å². The van der Waals surface area contributed by atoms with Gasteiger partial charge in [0.25, 0.3) is 0 Å². The number of hydrogen-bond acceptors (Lipinski definition) is 6. The first-order valence-corrected chi connectivity index (χ1v) is 10.9. The van der Waals surface area contributed by atoms with Crippen LogP contribution in [0.1, 0.15) is 19.4 Å². The summed E-state index contributed by atoms with van der Waals surface area (Å²) in [5, 5.41) is 14.0. The zero-order valence-electron chi connectivity index (χ0n) is 14.9. The molecule has 1 aromatic rings. The van der Waals surface area contributed by atoms with E-state index in [1.807, 2.05) is 53.9 Å². The number of aliphatic hydroxyl groups is 1. The predicted molar refractivity (Wildman–Crippen MR) is 110 cm³/mol. The minimum atomic E-state index is -0.557. The summed E-state index contributed by atoms with van der Waals surface area (Å²) in [7, 11) is 0. The van der Waals surface area contributed by atoms with Crippen LogP contribution < -0.4 is 16.8 Å². The standard InChI is InChI=1S/C18H33N3OS2/c1-3-23-13-16(20)18(24-4-2)12-21-11-17(22)15(19)10-14-8-6-5-7-9-14/h5-9,15-18,21-22H,3-4,10-13,19-20H2,1-2H3/t15-,16?,17+,18?/m0/s1. The van der Waals surface area contributed by atoms with Gasteiger partial charge in [-0.3, -0.25) is 0 Å². The summed E-state index contributed by atoms with van der Waals surface area (Å²) >= 11 is 3.76. The van der Waals surface area contributed by atoms with Crippen LogP contribution in [-0.2, 0) is 6.42 Å². The van der Waals surface area contributed by atoms with Gasteiger partial charge in [0, 0.05) is 36.2 Å². The highest BCUT2D eigenvalue weighted by Crippen LogP contribution is 2.16. The number of aliphatic hydroxyl groups excluding tert-OH is 1. The smallest absolute Gasteiger partial charge is 0.0818 e. The maximum Gasteiger partial charge on any atom is 0.0818 e. The van der Waals surface area contributed by atoms with Crippen LogP contribution in [0.3, 0.4) is 0 Å². The normalized spacial score (nSPS) is 16.5. The first-order chi connectivity index (χ1) is 11.6. The molecule has 0 aliphatic rings. The van der Waals surface area contributed by atoms with Gasteiger partial charge in [0.1, 0.15) is 0 Å². The van der Waals surface area contributed by atoms with Crippen molar-refractivity contribution in [3.05, 3.63) is 35.9 Å². The second-order valence-corrected chi connectivity index (χ2v) is 8.73. The molecular formula is C18H33N3OS2. The van der Waals surface area contributed by atoms with Crippen LogP contribution in [0.15, 0.2) is 30.3 Å². The first-order valence-electron chi connectivity index (χ1n) is 8.71. The molecule has 0 saturated heterocycles. The van der Waals surface area contributed by atoms with Crippen molar-refractivity contribution in [2.45, 2.75) is 43.7 Å². The lowest BCUT2D eigenvalue weighted by molar-refractivity contribution is 0.142. The number of nitrogens with one attached hydrogen (secondary N) is 1. The van der Waals surface area contributed by atoms with E-state index in [-0.39, 0.29) is 12.1 Å². The molecule has 0 aliphatic carbocycles. The van der Waals surface area contributed by atoms with Crippen molar-refractivity contribution in [1.29, 1.82) is 0 Å². The second-order valence-electron chi connectivity index (χ2n) is 5.90. The zero-order chi connectivity index (χ0) is 17.8. The average Bonchev–Trinajstić information content (AvgIpc) is 2.59. The van der Waals surface area contributed by atoms with Gasteiger partial charge in [-0.2, -0.15) is 23.5 Å². The van der Waals surface area contributed by atoms with Gasteiger partial charge in [-0.15, -0.1) is 0 Å². The minimum Gasteiger partial charge on any atom is -0.390 e. The minimum absolute atomic E-state index is 0.169. The van der Waals surface area contributed by atoms with Crippen LogP contribution in [0.2, 0.25) is 0 Å². The molecule has 0 saturated carbocycles. The summed E-state index contributed by atoms with van der Waals surface area (Å²) in [5.41, 5.74) is 13.6. The monoisotopic (exact) mass is 371 g/mol. The molecule has 2 unspecified atom stereocenters. The Morgan fingerprint density at radius 1 is 1.04 bits per heavy atom. The van der Waals surface area contributed by atoms with Crippen molar-refractivity contribution < 1.29 is 5.11 Å². The van der Waals surface area contributed by atoms with E-state index in [2.05, 4.69) is 19.2 Å². The quantitative estimate of drug-likeness (QED) is 0.422. The number of benzene rings is 1. The molecule has 0 amide bonds. The maximum absolute atomic E-state index is 10.3. The molecule has 0 aromatic heterocycles. The van der Waals surface area contributed by atoms with E-state index in [0.717, 1.165) is 29.4 Å². The number of nitrogens with two attached hydrogens (primary N) is 2. The Morgan fingerprint density at radius 2 is 1.75 bits per heavy atom. The Balaban J connectivity index is 2.34. The Labute approximate surface area is 155 Å². The summed E-state index contributed by atoms with van der Waals surface area (Å²) in [4.78, 5) is 0. The van der Waals surface area contributed by atoms with E-state index in [4.69, 9.17) is 11.5 Å². The third-order valence-electron chi connectivity index (χ3n) is 3.88. The molecule has 24 heavy (non-hydrogen) atoms. The highest BCUT2D eigenvalue weighted by molar-refractivity contribution is 8.00. The van der Waals surface area contributed by atoms with Gasteiger partial charge in [-0.25, -0.2) is 0 Å². The molecule has 6 N–H and O–H groups in total. The second kappa shape index (κ2) is 13.0. The third kappa shape index (κ3) is 8.74. The van der Waals surface area contributed by atoms with Crippen LogP contribution in [0.5, 0.6) is 0 Å². The van der Waals surface area contributed by atoms with Crippen LogP contribution >= 0.6 is 23.5 Å². The fourth-order valence-corrected chi connectivity index (χ4v) is 4.33. The molecule has 4 atom stereocenters. The first kappa shape index (κ1) is 21.8. The fraction of sp³-hybridized carbons (Fsp3) is 0.667. The van der Waals surface area contributed by atoms with Crippen molar-refractivity contribution in [1.82, 2.24) is 5.32 Å². The number of hydrogen-bond donors (Lipinski definition) is 4. The SMILES string of the molecule is CCSCC(N)C(CNC[C@@H](O)[C@@H](N)Cc1ccccc1)SCC. The number of rotatable bonds is 13. The van der Waals surface area contributed by atoms with Crippen molar-refractivity contribution in [3.63, 3.8) is 0 Å². The summed E-state index contributed by atoms with van der Waals surface area (Å²) < 4.78 is 0. The van der Waals surface area contributed by atoms with Crippen molar-refractivity contribution in [2.24, 2.45) is 11.5 Å². The molecule has 0 aliphatic heterocycles. The van der Waals surface area contributed by atoms with E-state index < -0.39 is 6.10 Å². The highest BCUT2D eigenvalue weighted by atomic mass is 32.2.